The van der Waals surface area contributed by atoms with Gasteiger partial charge in [-0.25, -0.2) is 4.98 Å². The summed E-state index contributed by atoms with van der Waals surface area (Å²) in [6.45, 7) is 2.12. The van der Waals surface area contributed by atoms with Crippen LogP contribution in [0.25, 0.3) is 42.3 Å². The highest BCUT2D eigenvalue weighted by Gasteiger charge is 2.15. The van der Waals surface area contributed by atoms with Crippen molar-refractivity contribution in [3.8, 4) is 11.3 Å². The summed E-state index contributed by atoms with van der Waals surface area (Å²) in [7, 11) is 0. The number of aryl methyl sites for hydroxylation is 1. The number of hydrogen-bond acceptors (Lipinski definition) is 2. The van der Waals surface area contributed by atoms with Crippen molar-refractivity contribution in [3.63, 3.8) is 0 Å². The van der Waals surface area contributed by atoms with Crippen molar-refractivity contribution in [1.82, 2.24) is 4.98 Å². The van der Waals surface area contributed by atoms with Crippen molar-refractivity contribution in [2.45, 2.75) is 6.92 Å². The van der Waals surface area contributed by atoms with Crippen molar-refractivity contribution < 1.29 is 0 Å². The highest BCUT2D eigenvalue weighted by Crippen LogP contribution is 2.42. The predicted molar refractivity (Wildman–Crippen MR) is 113 cm³/mol. The maximum Gasteiger partial charge on any atom is 0.0888 e. The van der Waals surface area contributed by atoms with E-state index in [1.165, 1.54) is 31.1 Å². The molecule has 120 valence electrons. The van der Waals surface area contributed by atoms with Crippen LogP contribution in [0.1, 0.15) is 5.56 Å². The van der Waals surface area contributed by atoms with Crippen molar-refractivity contribution >= 4 is 58.3 Å². The van der Waals surface area contributed by atoms with Gasteiger partial charge in [-0.1, -0.05) is 52.3 Å². The molecule has 25 heavy (non-hydrogen) atoms. The van der Waals surface area contributed by atoms with Crippen LogP contribution in [0, 0.1) is 6.92 Å². The molecule has 0 fully saturated rings. The van der Waals surface area contributed by atoms with Gasteiger partial charge in [0.1, 0.15) is 0 Å². The summed E-state index contributed by atoms with van der Waals surface area (Å²) in [5, 5.41) is 3.86. The Kier molecular flexibility index (Phi) is 3.40. The monoisotopic (exact) mass is 403 g/mol. The summed E-state index contributed by atoms with van der Waals surface area (Å²) in [6.07, 6.45) is 0. The maximum atomic E-state index is 5.04. The minimum absolute atomic E-state index is 1.05. The van der Waals surface area contributed by atoms with Crippen LogP contribution in [0.5, 0.6) is 0 Å². The summed E-state index contributed by atoms with van der Waals surface area (Å²) in [6, 6.07) is 23.6. The largest absolute Gasteiger partial charge is 0.246 e. The fourth-order valence-electron chi connectivity index (χ4n) is 3.50. The van der Waals surface area contributed by atoms with Gasteiger partial charge in [-0.05, 0) is 42.8 Å². The summed E-state index contributed by atoms with van der Waals surface area (Å²) >= 11 is 5.47. The topological polar surface area (TPSA) is 12.9 Å². The summed E-state index contributed by atoms with van der Waals surface area (Å²) in [5.41, 5.74) is 4.51. The molecule has 0 bridgehead atoms. The van der Waals surface area contributed by atoms with Crippen LogP contribution in [0.3, 0.4) is 0 Å². The molecular weight excluding hydrogens is 390 g/mol. The van der Waals surface area contributed by atoms with E-state index in [4.69, 9.17) is 4.98 Å². The molecule has 1 nitrogen and oxygen atoms in total. The van der Waals surface area contributed by atoms with Crippen molar-refractivity contribution in [2.75, 3.05) is 0 Å². The Morgan fingerprint density at radius 3 is 2.48 bits per heavy atom. The molecule has 0 atom stereocenters. The Labute approximate surface area is 158 Å². The third-order valence-electron chi connectivity index (χ3n) is 4.53. The second kappa shape index (κ2) is 5.65. The second-order valence-electron chi connectivity index (χ2n) is 6.30. The first-order valence-electron chi connectivity index (χ1n) is 8.18. The number of nitrogens with zero attached hydrogens (tertiary/aromatic N) is 1. The zero-order valence-electron chi connectivity index (χ0n) is 13.6. The molecule has 0 aliphatic rings. The molecule has 0 aliphatic carbocycles. The average molecular weight is 404 g/mol. The van der Waals surface area contributed by atoms with Crippen molar-refractivity contribution in [3.05, 3.63) is 76.8 Å². The number of pyridine rings is 1. The van der Waals surface area contributed by atoms with Gasteiger partial charge in [0.15, 0.2) is 0 Å². The molecule has 2 heterocycles. The molecule has 0 radical (unpaired) electrons. The average Bonchev–Trinajstić information content (AvgIpc) is 3.00. The fraction of sp³-hybridized carbons (Fsp3) is 0.0455. The lowest BCUT2D eigenvalue weighted by Crippen LogP contribution is -1.88. The molecule has 3 aromatic carbocycles. The van der Waals surface area contributed by atoms with E-state index < -0.39 is 0 Å². The number of aromatic nitrogens is 1. The van der Waals surface area contributed by atoms with Crippen LogP contribution in [0.4, 0.5) is 0 Å². The zero-order valence-corrected chi connectivity index (χ0v) is 16.0. The molecule has 5 aromatic rings. The van der Waals surface area contributed by atoms with Gasteiger partial charge >= 0.3 is 0 Å². The lowest BCUT2D eigenvalue weighted by molar-refractivity contribution is 1.40. The first-order chi connectivity index (χ1) is 12.2. The van der Waals surface area contributed by atoms with E-state index in [0.29, 0.717) is 0 Å². The molecule has 0 aliphatic heterocycles. The first-order valence-corrected chi connectivity index (χ1v) is 9.79. The van der Waals surface area contributed by atoms with E-state index in [-0.39, 0.29) is 0 Å². The highest BCUT2D eigenvalue weighted by atomic mass is 79.9. The molecule has 0 spiro atoms. The van der Waals surface area contributed by atoms with Gasteiger partial charge in [-0.2, -0.15) is 0 Å². The summed E-state index contributed by atoms with van der Waals surface area (Å²) in [4.78, 5) is 5.04. The van der Waals surface area contributed by atoms with Gasteiger partial charge in [-0.15, -0.1) is 11.3 Å². The Bertz CT molecular complexity index is 1250. The van der Waals surface area contributed by atoms with E-state index in [9.17, 15) is 0 Å². The Hall–Kier alpha value is -2.23. The quantitative estimate of drug-likeness (QED) is 0.285. The third kappa shape index (κ3) is 2.38. The maximum absolute atomic E-state index is 5.04. The lowest BCUT2D eigenvalue weighted by atomic mass is 10.0. The smallest absolute Gasteiger partial charge is 0.0888 e. The van der Waals surface area contributed by atoms with Crippen LogP contribution in [-0.2, 0) is 0 Å². The minimum atomic E-state index is 1.05. The molecule has 0 unspecified atom stereocenters. The Morgan fingerprint density at radius 1 is 0.880 bits per heavy atom. The van der Waals surface area contributed by atoms with E-state index in [1.807, 2.05) is 11.3 Å². The standard InChI is InChI=1S/C22H14BrNS/c1-13-10-14(12-15(23)11-13)21-22-20(16-6-2-4-8-18(16)24-21)17-7-3-5-9-19(17)25-22/h2-12H,1H3. The highest BCUT2D eigenvalue weighted by molar-refractivity contribution is 9.10. The first kappa shape index (κ1) is 15.1. The van der Waals surface area contributed by atoms with Crippen LogP contribution in [-0.4, -0.2) is 4.98 Å². The van der Waals surface area contributed by atoms with Gasteiger partial charge in [0.25, 0.3) is 0 Å². The van der Waals surface area contributed by atoms with Crippen LogP contribution in [0.15, 0.2) is 71.2 Å². The molecular formula is C22H14BrNS. The Balaban J connectivity index is 2.01. The summed E-state index contributed by atoms with van der Waals surface area (Å²) < 4.78 is 3.66. The van der Waals surface area contributed by atoms with E-state index >= 15 is 0 Å². The van der Waals surface area contributed by atoms with Gasteiger partial charge < -0.3 is 0 Å². The number of para-hydroxylation sites is 1. The third-order valence-corrected chi connectivity index (χ3v) is 6.17. The molecule has 2 aromatic heterocycles. The molecule has 0 saturated carbocycles. The summed E-state index contributed by atoms with van der Waals surface area (Å²) in [5.74, 6) is 0. The number of hydrogen-bond donors (Lipinski definition) is 0. The number of thiophene rings is 1. The van der Waals surface area contributed by atoms with E-state index in [1.54, 1.807) is 0 Å². The Morgan fingerprint density at radius 2 is 1.64 bits per heavy atom. The SMILES string of the molecule is Cc1cc(Br)cc(-c2nc3ccccc3c3c2sc2ccccc23)c1. The van der Waals surface area contributed by atoms with E-state index in [0.717, 1.165) is 21.2 Å². The van der Waals surface area contributed by atoms with Gasteiger partial charge in [0.05, 0.1) is 15.9 Å². The number of rotatable bonds is 1. The molecule has 0 saturated heterocycles. The van der Waals surface area contributed by atoms with Crippen LogP contribution >= 0.6 is 27.3 Å². The van der Waals surface area contributed by atoms with Crippen molar-refractivity contribution in [1.29, 1.82) is 0 Å². The number of benzene rings is 3. The van der Waals surface area contributed by atoms with Gasteiger partial charge in [0.2, 0.25) is 0 Å². The van der Waals surface area contributed by atoms with Gasteiger partial charge in [-0.3, -0.25) is 0 Å². The second-order valence-corrected chi connectivity index (χ2v) is 8.27. The predicted octanol–water partition coefficient (Wildman–Crippen LogP) is 7.34. The normalized spacial score (nSPS) is 11.6. The number of fused-ring (bicyclic) bond motifs is 5. The fourth-order valence-corrected chi connectivity index (χ4v) is 5.34. The van der Waals surface area contributed by atoms with Crippen LogP contribution in [0.2, 0.25) is 0 Å². The van der Waals surface area contributed by atoms with Gasteiger partial charge in [0, 0.05) is 30.9 Å². The molecule has 0 N–H and O–H groups in total. The minimum Gasteiger partial charge on any atom is -0.246 e. The molecule has 3 heteroatoms. The molecule has 5 rings (SSSR count). The zero-order chi connectivity index (χ0) is 17.0. The van der Waals surface area contributed by atoms with E-state index in [2.05, 4.69) is 89.6 Å². The van der Waals surface area contributed by atoms with Crippen LogP contribution < -0.4 is 0 Å². The lowest BCUT2D eigenvalue weighted by Gasteiger charge is -2.08. The number of halogens is 1. The van der Waals surface area contributed by atoms with Crippen molar-refractivity contribution in [2.24, 2.45) is 0 Å². The molecule has 0 amide bonds.